The fourth-order valence-electron chi connectivity index (χ4n) is 2.51. The minimum absolute atomic E-state index is 0.335. The van der Waals surface area contributed by atoms with Crippen LogP contribution in [0.2, 0.25) is 0 Å². The van der Waals surface area contributed by atoms with E-state index in [1.807, 2.05) is 32.0 Å². The second kappa shape index (κ2) is 3.31. The molecule has 16 heavy (non-hydrogen) atoms. The molecule has 1 aliphatic rings. The first-order valence-electron chi connectivity index (χ1n) is 5.73. The molecule has 0 N–H and O–H groups in total. The molecule has 0 saturated carbocycles. The van der Waals surface area contributed by atoms with E-state index in [1.54, 1.807) is 0 Å². The van der Waals surface area contributed by atoms with Crippen molar-refractivity contribution in [3.63, 3.8) is 0 Å². The molecule has 1 aromatic carbocycles. The van der Waals surface area contributed by atoms with Crippen molar-refractivity contribution in [2.24, 2.45) is 0 Å². The first kappa shape index (κ1) is 11.6. The summed E-state index contributed by atoms with van der Waals surface area (Å²) in [5.41, 5.74) is 0.417. The van der Waals surface area contributed by atoms with Gasteiger partial charge in [-0.3, -0.25) is 0 Å². The van der Waals surface area contributed by atoms with Gasteiger partial charge in [-0.1, -0.05) is 30.3 Å². The standard InChI is InChI=1S/C14H20O2/c1-12(2)14(5,16-13(3,4)15-12)11-9-7-6-8-10-11/h6-10H,1-5H3. The summed E-state index contributed by atoms with van der Waals surface area (Å²) in [6, 6.07) is 10.3. The first-order valence-corrected chi connectivity index (χ1v) is 5.73. The van der Waals surface area contributed by atoms with E-state index in [1.165, 1.54) is 0 Å². The van der Waals surface area contributed by atoms with Crippen molar-refractivity contribution in [2.75, 3.05) is 0 Å². The van der Waals surface area contributed by atoms with Crippen LogP contribution in [0.15, 0.2) is 30.3 Å². The van der Waals surface area contributed by atoms with Crippen LogP contribution in [0, 0.1) is 0 Å². The van der Waals surface area contributed by atoms with E-state index in [2.05, 4.69) is 32.9 Å². The zero-order valence-electron chi connectivity index (χ0n) is 10.7. The van der Waals surface area contributed by atoms with Crippen LogP contribution >= 0.6 is 0 Å². The average molecular weight is 220 g/mol. The van der Waals surface area contributed by atoms with Crippen molar-refractivity contribution in [1.29, 1.82) is 0 Å². The van der Waals surface area contributed by atoms with Crippen molar-refractivity contribution in [1.82, 2.24) is 0 Å². The molecule has 0 amide bonds. The molecule has 2 heteroatoms. The van der Waals surface area contributed by atoms with E-state index in [-0.39, 0.29) is 5.60 Å². The number of hydrogen-bond donors (Lipinski definition) is 0. The van der Waals surface area contributed by atoms with Crippen LogP contribution in [0.4, 0.5) is 0 Å². The minimum Gasteiger partial charge on any atom is -0.341 e. The van der Waals surface area contributed by atoms with Gasteiger partial charge in [0.05, 0.1) is 5.60 Å². The zero-order valence-corrected chi connectivity index (χ0v) is 10.7. The Balaban J connectivity index is 2.46. The Morgan fingerprint density at radius 2 is 1.38 bits per heavy atom. The predicted molar refractivity (Wildman–Crippen MR) is 64.1 cm³/mol. The topological polar surface area (TPSA) is 18.5 Å². The van der Waals surface area contributed by atoms with Crippen molar-refractivity contribution < 1.29 is 9.47 Å². The van der Waals surface area contributed by atoms with Crippen molar-refractivity contribution in [2.45, 2.75) is 51.6 Å². The van der Waals surface area contributed by atoms with E-state index in [9.17, 15) is 0 Å². The van der Waals surface area contributed by atoms with Crippen molar-refractivity contribution in [3.8, 4) is 0 Å². The van der Waals surface area contributed by atoms with Crippen LogP contribution in [0.25, 0.3) is 0 Å². The van der Waals surface area contributed by atoms with Gasteiger partial charge < -0.3 is 9.47 Å². The lowest BCUT2D eigenvalue weighted by Crippen LogP contribution is -2.42. The van der Waals surface area contributed by atoms with Crippen LogP contribution in [-0.4, -0.2) is 11.4 Å². The highest BCUT2D eigenvalue weighted by Gasteiger charge is 2.56. The number of benzene rings is 1. The Bertz CT molecular complexity index is 381. The molecule has 1 aromatic rings. The molecule has 2 rings (SSSR count). The molecule has 1 saturated heterocycles. The molecule has 1 aliphatic heterocycles. The lowest BCUT2D eigenvalue weighted by molar-refractivity contribution is -0.166. The molecule has 0 bridgehead atoms. The van der Waals surface area contributed by atoms with Gasteiger partial charge in [0.1, 0.15) is 5.60 Å². The van der Waals surface area contributed by atoms with Gasteiger partial charge in [0.25, 0.3) is 0 Å². The molecule has 1 fully saturated rings. The van der Waals surface area contributed by atoms with Gasteiger partial charge in [0, 0.05) is 0 Å². The van der Waals surface area contributed by atoms with E-state index in [0.717, 1.165) is 5.56 Å². The van der Waals surface area contributed by atoms with Gasteiger partial charge in [-0.25, -0.2) is 0 Å². The Morgan fingerprint density at radius 1 is 0.812 bits per heavy atom. The third-order valence-electron chi connectivity index (χ3n) is 3.42. The molecule has 0 aliphatic carbocycles. The van der Waals surface area contributed by atoms with Crippen LogP contribution in [0.3, 0.4) is 0 Å². The van der Waals surface area contributed by atoms with E-state index in [0.29, 0.717) is 0 Å². The predicted octanol–water partition coefficient (Wildman–Crippen LogP) is 3.46. The average Bonchev–Trinajstić information content (AvgIpc) is 2.33. The number of rotatable bonds is 1. The Kier molecular flexibility index (Phi) is 2.41. The third kappa shape index (κ3) is 1.66. The van der Waals surface area contributed by atoms with Crippen LogP contribution in [0.1, 0.15) is 40.2 Å². The quantitative estimate of drug-likeness (QED) is 0.721. The summed E-state index contributed by atoms with van der Waals surface area (Å²) in [5.74, 6) is -0.534. The molecule has 1 unspecified atom stereocenters. The molecule has 1 atom stereocenters. The van der Waals surface area contributed by atoms with Crippen molar-refractivity contribution >= 4 is 0 Å². The fraction of sp³-hybridized carbons (Fsp3) is 0.571. The minimum atomic E-state index is -0.534. The second-order valence-corrected chi connectivity index (χ2v) is 5.51. The van der Waals surface area contributed by atoms with Crippen molar-refractivity contribution in [3.05, 3.63) is 35.9 Å². The number of ether oxygens (including phenoxy) is 2. The SMILES string of the molecule is CC1(C)OC(C)(C)C(C)(c2ccccc2)O1. The molecule has 0 spiro atoms. The smallest absolute Gasteiger partial charge is 0.164 e. The Morgan fingerprint density at radius 3 is 1.81 bits per heavy atom. The summed E-state index contributed by atoms with van der Waals surface area (Å²) in [4.78, 5) is 0. The summed E-state index contributed by atoms with van der Waals surface area (Å²) < 4.78 is 12.1. The molecule has 0 radical (unpaired) electrons. The van der Waals surface area contributed by atoms with Gasteiger partial charge in [0.15, 0.2) is 5.79 Å². The van der Waals surface area contributed by atoms with Gasteiger partial charge in [-0.05, 0) is 40.2 Å². The fourth-order valence-corrected chi connectivity index (χ4v) is 2.51. The Labute approximate surface area is 97.6 Å². The number of hydrogen-bond acceptors (Lipinski definition) is 2. The third-order valence-corrected chi connectivity index (χ3v) is 3.42. The highest BCUT2D eigenvalue weighted by Crippen LogP contribution is 2.49. The molecule has 0 aromatic heterocycles. The highest BCUT2D eigenvalue weighted by molar-refractivity contribution is 5.26. The summed E-state index contributed by atoms with van der Waals surface area (Å²) >= 11 is 0. The lowest BCUT2D eigenvalue weighted by Gasteiger charge is -2.35. The van der Waals surface area contributed by atoms with E-state index in [4.69, 9.17) is 9.47 Å². The molecule has 2 nitrogen and oxygen atoms in total. The lowest BCUT2D eigenvalue weighted by atomic mass is 9.82. The second-order valence-electron chi connectivity index (χ2n) is 5.51. The molecule has 1 heterocycles. The van der Waals surface area contributed by atoms with Crippen LogP contribution in [-0.2, 0) is 15.1 Å². The maximum absolute atomic E-state index is 6.12. The molecule has 88 valence electrons. The summed E-state index contributed by atoms with van der Waals surface area (Å²) in [7, 11) is 0. The zero-order chi connectivity index (χ0) is 12.0. The van der Waals surface area contributed by atoms with Gasteiger partial charge >= 0.3 is 0 Å². The van der Waals surface area contributed by atoms with E-state index >= 15 is 0 Å². The van der Waals surface area contributed by atoms with Gasteiger partial charge in [-0.15, -0.1) is 0 Å². The summed E-state index contributed by atoms with van der Waals surface area (Å²) in [5, 5.41) is 0. The highest BCUT2D eigenvalue weighted by atomic mass is 16.8. The first-order chi connectivity index (χ1) is 7.27. The van der Waals surface area contributed by atoms with Crippen LogP contribution in [0.5, 0.6) is 0 Å². The van der Waals surface area contributed by atoms with Gasteiger partial charge in [-0.2, -0.15) is 0 Å². The summed E-state index contributed by atoms with van der Waals surface area (Å²) in [6.07, 6.45) is 0. The van der Waals surface area contributed by atoms with E-state index < -0.39 is 11.4 Å². The maximum atomic E-state index is 6.12. The largest absolute Gasteiger partial charge is 0.341 e. The van der Waals surface area contributed by atoms with Gasteiger partial charge in [0.2, 0.25) is 0 Å². The normalized spacial score (nSPS) is 31.6. The summed E-state index contributed by atoms with van der Waals surface area (Å²) in [6.45, 7) is 10.2. The maximum Gasteiger partial charge on any atom is 0.164 e. The Hall–Kier alpha value is -0.860. The molecular weight excluding hydrogens is 200 g/mol. The van der Waals surface area contributed by atoms with Crippen LogP contribution < -0.4 is 0 Å². The monoisotopic (exact) mass is 220 g/mol. The molecular formula is C14H20O2.